The minimum absolute atomic E-state index is 0.0363. The number of nitrogens with zero attached hydrogens (tertiary/aromatic N) is 2. The SMILES string of the molecule is O=C(Cc1ccccc1)N/N=C\c1cc([N+](=O)[O-])ccc1[O-]. The van der Waals surface area contributed by atoms with Gasteiger partial charge in [0.15, 0.2) is 0 Å². The number of carbonyl (C=O) groups excluding carboxylic acids is 1. The molecule has 2 rings (SSSR count). The quantitative estimate of drug-likeness (QED) is 0.510. The first kappa shape index (κ1) is 15.2. The fourth-order valence-corrected chi connectivity index (χ4v) is 1.74. The van der Waals surface area contributed by atoms with Gasteiger partial charge in [0, 0.05) is 12.1 Å². The van der Waals surface area contributed by atoms with Gasteiger partial charge in [-0.2, -0.15) is 5.10 Å². The van der Waals surface area contributed by atoms with Crippen LogP contribution in [0.15, 0.2) is 53.6 Å². The van der Waals surface area contributed by atoms with Gasteiger partial charge in [0.05, 0.1) is 17.6 Å². The summed E-state index contributed by atoms with van der Waals surface area (Å²) >= 11 is 0. The second-order valence-corrected chi connectivity index (χ2v) is 4.43. The van der Waals surface area contributed by atoms with Crippen molar-refractivity contribution >= 4 is 17.8 Å². The Balaban J connectivity index is 1.99. The highest BCUT2D eigenvalue weighted by Gasteiger charge is 2.05. The molecule has 2 aromatic rings. The van der Waals surface area contributed by atoms with E-state index in [4.69, 9.17) is 0 Å². The van der Waals surface area contributed by atoms with E-state index in [9.17, 15) is 20.0 Å². The van der Waals surface area contributed by atoms with E-state index in [1.165, 1.54) is 0 Å². The molecular weight excluding hydrogens is 286 g/mol. The van der Waals surface area contributed by atoms with Crippen molar-refractivity contribution in [2.24, 2.45) is 5.10 Å². The number of non-ortho nitro benzene ring substituents is 1. The molecule has 0 aliphatic heterocycles. The van der Waals surface area contributed by atoms with Crippen molar-refractivity contribution in [3.63, 3.8) is 0 Å². The van der Waals surface area contributed by atoms with Crippen molar-refractivity contribution in [1.82, 2.24) is 5.43 Å². The van der Waals surface area contributed by atoms with Crippen LogP contribution in [0.2, 0.25) is 0 Å². The molecule has 0 bridgehead atoms. The Morgan fingerprint density at radius 1 is 1.23 bits per heavy atom. The number of nitro groups is 1. The van der Waals surface area contributed by atoms with Gasteiger partial charge in [-0.25, -0.2) is 5.43 Å². The first-order valence-corrected chi connectivity index (χ1v) is 6.37. The molecule has 0 radical (unpaired) electrons. The smallest absolute Gasteiger partial charge is 0.270 e. The van der Waals surface area contributed by atoms with Crippen LogP contribution < -0.4 is 10.5 Å². The van der Waals surface area contributed by atoms with Crippen molar-refractivity contribution in [1.29, 1.82) is 0 Å². The standard InChI is InChI=1S/C15H13N3O4/c19-14-7-6-13(18(21)22)9-12(14)10-16-17-15(20)8-11-4-2-1-3-5-11/h1-7,9-10,19H,8H2,(H,17,20)/p-1/b16-10-. The summed E-state index contributed by atoms with van der Waals surface area (Å²) in [6.45, 7) is 0. The zero-order valence-electron chi connectivity index (χ0n) is 11.4. The highest BCUT2D eigenvalue weighted by atomic mass is 16.6. The number of nitro benzene ring substituents is 1. The summed E-state index contributed by atoms with van der Waals surface area (Å²) in [6, 6.07) is 12.4. The Hall–Kier alpha value is -3.22. The summed E-state index contributed by atoms with van der Waals surface area (Å²) in [7, 11) is 0. The minimum atomic E-state index is -0.606. The van der Waals surface area contributed by atoms with Crippen LogP contribution in [-0.4, -0.2) is 17.0 Å². The molecule has 0 saturated heterocycles. The minimum Gasteiger partial charge on any atom is -0.872 e. The number of rotatable bonds is 5. The van der Waals surface area contributed by atoms with Crippen molar-refractivity contribution < 1.29 is 14.8 Å². The van der Waals surface area contributed by atoms with E-state index in [1.54, 1.807) is 12.1 Å². The molecule has 0 spiro atoms. The van der Waals surface area contributed by atoms with E-state index in [0.29, 0.717) is 0 Å². The Kier molecular flexibility index (Phi) is 4.81. The van der Waals surface area contributed by atoms with Crippen LogP contribution in [0.5, 0.6) is 5.75 Å². The lowest BCUT2D eigenvalue weighted by molar-refractivity contribution is -0.385. The summed E-state index contributed by atoms with van der Waals surface area (Å²) < 4.78 is 0. The van der Waals surface area contributed by atoms with Crippen LogP contribution in [0, 0.1) is 10.1 Å². The lowest BCUT2D eigenvalue weighted by Gasteiger charge is -2.08. The summed E-state index contributed by atoms with van der Waals surface area (Å²) in [5.41, 5.74) is 2.93. The second-order valence-electron chi connectivity index (χ2n) is 4.43. The van der Waals surface area contributed by atoms with Gasteiger partial charge in [0.2, 0.25) is 5.91 Å². The molecule has 0 aromatic heterocycles. The predicted molar refractivity (Wildman–Crippen MR) is 78.4 cm³/mol. The highest BCUT2D eigenvalue weighted by molar-refractivity contribution is 5.86. The normalized spacial score (nSPS) is 10.5. The third-order valence-corrected chi connectivity index (χ3v) is 2.80. The maximum Gasteiger partial charge on any atom is 0.270 e. The fraction of sp³-hybridized carbons (Fsp3) is 0.0667. The molecular formula is C15H12N3O4-. The molecule has 0 aliphatic carbocycles. The molecule has 1 amide bonds. The molecule has 2 aromatic carbocycles. The van der Waals surface area contributed by atoms with Gasteiger partial charge in [-0.15, -0.1) is 0 Å². The molecule has 0 saturated carbocycles. The van der Waals surface area contributed by atoms with Crippen molar-refractivity contribution in [2.45, 2.75) is 6.42 Å². The molecule has 22 heavy (non-hydrogen) atoms. The van der Waals surface area contributed by atoms with Crippen LogP contribution in [0.3, 0.4) is 0 Å². The van der Waals surface area contributed by atoms with Gasteiger partial charge in [-0.3, -0.25) is 14.9 Å². The van der Waals surface area contributed by atoms with E-state index in [-0.39, 0.29) is 23.6 Å². The number of hydrogen-bond donors (Lipinski definition) is 1. The van der Waals surface area contributed by atoms with Crippen LogP contribution >= 0.6 is 0 Å². The lowest BCUT2D eigenvalue weighted by Crippen LogP contribution is -2.19. The zero-order chi connectivity index (χ0) is 15.9. The largest absolute Gasteiger partial charge is 0.872 e. The second kappa shape index (κ2) is 6.98. The molecule has 0 aliphatic rings. The summed E-state index contributed by atoms with van der Waals surface area (Å²) in [5.74, 6) is -0.757. The van der Waals surface area contributed by atoms with E-state index in [2.05, 4.69) is 10.5 Å². The van der Waals surface area contributed by atoms with Gasteiger partial charge < -0.3 is 5.11 Å². The Labute approximate surface area is 126 Å². The Morgan fingerprint density at radius 2 is 1.95 bits per heavy atom. The summed E-state index contributed by atoms with van der Waals surface area (Å²) in [5, 5.41) is 25.8. The third kappa shape index (κ3) is 4.14. The van der Waals surface area contributed by atoms with Crippen LogP contribution in [0.25, 0.3) is 0 Å². The van der Waals surface area contributed by atoms with Gasteiger partial charge in [-0.1, -0.05) is 42.1 Å². The zero-order valence-corrected chi connectivity index (χ0v) is 11.4. The van der Waals surface area contributed by atoms with Gasteiger partial charge in [0.25, 0.3) is 5.69 Å². The number of hydrazone groups is 1. The maximum atomic E-state index is 11.7. The van der Waals surface area contributed by atoms with Crippen molar-refractivity contribution in [3.05, 3.63) is 69.8 Å². The molecule has 7 nitrogen and oxygen atoms in total. The number of nitrogens with one attached hydrogen (secondary N) is 1. The molecule has 0 atom stereocenters. The molecule has 0 fully saturated rings. The van der Waals surface area contributed by atoms with Crippen LogP contribution in [-0.2, 0) is 11.2 Å². The topological polar surface area (TPSA) is 108 Å². The monoisotopic (exact) mass is 298 g/mol. The first-order chi connectivity index (χ1) is 10.6. The number of hydrogen-bond acceptors (Lipinski definition) is 5. The first-order valence-electron chi connectivity index (χ1n) is 6.37. The number of benzene rings is 2. The van der Waals surface area contributed by atoms with Gasteiger partial charge in [0.1, 0.15) is 0 Å². The average molecular weight is 298 g/mol. The van der Waals surface area contributed by atoms with Crippen molar-refractivity contribution in [2.75, 3.05) is 0 Å². The number of carbonyl (C=O) groups is 1. The van der Waals surface area contributed by atoms with Gasteiger partial charge in [-0.05, 0) is 11.1 Å². The molecule has 112 valence electrons. The Morgan fingerprint density at radius 3 is 2.64 bits per heavy atom. The molecule has 0 unspecified atom stereocenters. The molecule has 0 heterocycles. The fourth-order valence-electron chi connectivity index (χ4n) is 1.74. The predicted octanol–water partition coefficient (Wildman–Crippen LogP) is 1.36. The van der Waals surface area contributed by atoms with Crippen molar-refractivity contribution in [3.8, 4) is 5.75 Å². The van der Waals surface area contributed by atoms with E-state index in [0.717, 1.165) is 30.0 Å². The van der Waals surface area contributed by atoms with Gasteiger partial charge >= 0.3 is 0 Å². The van der Waals surface area contributed by atoms with E-state index in [1.807, 2.05) is 18.2 Å². The van der Waals surface area contributed by atoms with Crippen LogP contribution in [0.4, 0.5) is 5.69 Å². The maximum absolute atomic E-state index is 11.7. The third-order valence-electron chi connectivity index (χ3n) is 2.80. The Bertz CT molecular complexity index is 714. The molecule has 1 N–H and O–H groups in total. The van der Waals surface area contributed by atoms with E-state index < -0.39 is 10.7 Å². The van der Waals surface area contributed by atoms with E-state index >= 15 is 0 Å². The molecule has 7 heteroatoms. The summed E-state index contributed by atoms with van der Waals surface area (Å²) in [4.78, 5) is 21.7. The number of amides is 1. The summed E-state index contributed by atoms with van der Waals surface area (Å²) in [6.07, 6.45) is 1.25. The lowest BCUT2D eigenvalue weighted by atomic mass is 10.1. The highest BCUT2D eigenvalue weighted by Crippen LogP contribution is 2.18. The average Bonchev–Trinajstić information content (AvgIpc) is 2.50. The van der Waals surface area contributed by atoms with Crippen LogP contribution in [0.1, 0.15) is 11.1 Å².